The smallest absolute Gasteiger partial charge is 0.0462 e. The average molecular weight is 174 g/mol. The largest absolute Gasteiger partial charge is 0.385 e. The van der Waals surface area contributed by atoms with Crippen LogP contribution in [0, 0.1) is 0 Å². The van der Waals surface area contributed by atoms with Crippen molar-refractivity contribution >= 4 is 11.8 Å². The van der Waals surface area contributed by atoms with Crippen molar-refractivity contribution in [1.82, 2.24) is 0 Å². The Labute approximate surface area is 73.9 Å². The molecule has 66 valence electrons. The zero-order valence-electron chi connectivity index (χ0n) is 7.34. The molecule has 0 radical (unpaired) electrons. The van der Waals surface area contributed by atoms with E-state index in [0.717, 1.165) is 11.9 Å². The molecule has 0 aromatic rings. The summed E-state index contributed by atoms with van der Waals surface area (Å²) in [6, 6.07) is 0. The molecule has 0 aromatic carbocycles. The maximum atomic E-state index is 5.02. The van der Waals surface area contributed by atoms with Gasteiger partial charge < -0.3 is 4.74 Å². The summed E-state index contributed by atoms with van der Waals surface area (Å²) in [4.78, 5) is 0. The second-order valence-electron chi connectivity index (χ2n) is 3.12. The van der Waals surface area contributed by atoms with Crippen LogP contribution < -0.4 is 0 Å². The van der Waals surface area contributed by atoms with E-state index in [1.165, 1.54) is 37.9 Å². The molecule has 0 N–H and O–H groups in total. The quantitative estimate of drug-likeness (QED) is 0.606. The van der Waals surface area contributed by atoms with Crippen LogP contribution in [-0.2, 0) is 4.74 Å². The zero-order valence-corrected chi connectivity index (χ0v) is 8.16. The Morgan fingerprint density at radius 3 is 3.00 bits per heavy atom. The fourth-order valence-corrected chi connectivity index (χ4v) is 2.86. The second-order valence-corrected chi connectivity index (χ2v) is 4.53. The fraction of sp³-hybridized carbons (Fsp3) is 1.00. The lowest BCUT2D eigenvalue weighted by Crippen LogP contribution is -2.09. The van der Waals surface area contributed by atoms with Crippen LogP contribution in [0.4, 0.5) is 0 Å². The molecule has 0 bridgehead atoms. The Morgan fingerprint density at radius 2 is 2.36 bits per heavy atom. The first kappa shape index (κ1) is 9.40. The number of methoxy groups -OCH3 is 1. The monoisotopic (exact) mass is 174 g/mol. The van der Waals surface area contributed by atoms with E-state index < -0.39 is 0 Å². The van der Waals surface area contributed by atoms with Gasteiger partial charge in [-0.2, -0.15) is 11.8 Å². The van der Waals surface area contributed by atoms with E-state index in [1.54, 1.807) is 7.11 Å². The molecule has 0 saturated carbocycles. The molecule has 1 unspecified atom stereocenters. The lowest BCUT2D eigenvalue weighted by atomic mass is 10.1. The number of thioether (sulfide) groups is 1. The van der Waals surface area contributed by atoms with Gasteiger partial charge in [0, 0.05) is 19.0 Å². The Balaban J connectivity index is 1.96. The van der Waals surface area contributed by atoms with Gasteiger partial charge in [0.1, 0.15) is 0 Å². The first-order valence-electron chi connectivity index (χ1n) is 4.54. The van der Waals surface area contributed by atoms with Gasteiger partial charge in [0.05, 0.1) is 0 Å². The molecule has 0 aliphatic carbocycles. The van der Waals surface area contributed by atoms with Crippen LogP contribution in [0.3, 0.4) is 0 Å². The summed E-state index contributed by atoms with van der Waals surface area (Å²) in [7, 11) is 1.79. The van der Waals surface area contributed by atoms with Gasteiger partial charge in [-0.1, -0.05) is 6.42 Å². The highest BCUT2D eigenvalue weighted by molar-refractivity contribution is 7.99. The van der Waals surface area contributed by atoms with Crippen LogP contribution in [0.2, 0.25) is 0 Å². The predicted molar refractivity (Wildman–Crippen MR) is 51.2 cm³/mol. The fourth-order valence-electron chi connectivity index (χ4n) is 1.49. The number of rotatable bonds is 4. The maximum absolute atomic E-state index is 5.02. The van der Waals surface area contributed by atoms with E-state index in [9.17, 15) is 0 Å². The molecule has 1 nitrogen and oxygen atoms in total. The standard InChI is InChI=1S/C9H18OS/c1-10-7-4-6-9-5-2-3-8-11-9/h9H,2-8H2,1H3. The summed E-state index contributed by atoms with van der Waals surface area (Å²) in [5, 5.41) is 0.943. The SMILES string of the molecule is COCCCC1CCCCS1. The number of hydrogen-bond acceptors (Lipinski definition) is 2. The minimum atomic E-state index is 0.942. The second kappa shape index (κ2) is 5.90. The highest BCUT2D eigenvalue weighted by Gasteiger charge is 2.12. The molecule has 1 rings (SSSR count). The molecule has 1 aliphatic heterocycles. The van der Waals surface area contributed by atoms with Crippen molar-refractivity contribution in [1.29, 1.82) is 0 Å². The molecule has 0 aromatic heterocycles. The van der Waals surface area contributed by atoms with Crippen molar-refractivity contribution < 1.29 is 4.74 Å². The molecule has 1 heterocycles. The van der Waals surface area contributed by atoms with E-state index in [1.807, 2.05) is 0 Å². The summed E-state index contributed by atoms with van der Waals surface area (Å²) >= 11 is 2.16. The van der Waals surface area contributed by atoms with Crippen LogP contribution in [0.15, 0.2) is 0 Å². The Bertz CT molecular complexity index is 89.6. The topological polar surface area (TPSA) is 9.23 Å². The number of ether oxygens (including phenoxy) is 1. The van der Waals surface area contributed by atoms with E-state index in [4.69, 9.17) is 4.74 Å². The molecular weight excluding hydrogens is 156 g/mol. The van der Waals surface area contributed by atoms with Crippen molar-refractivity contribution in [3.63, 3.8) is 0 Å². The Morgan fingerprint density at radius 1 is 1.45 bits per heavy atom. The highest BCUT2D eigenvalue weighted by atomic mass is 32.2. The van der Waals surface area contributed by atoms with E-state index in [0.29, 0.717) is 0 Å². The minimum absolute atomic E-state index is 0.942. The van der Waals surface area contributed by atoms with E-state index in [-0.39, 0.29) is 0 Å². The van der Waals surface area contributed by atoms with E-state index in [2.05, 4.69) is 11.8 Å². The molecule has 1 fully saturated rings. The van der Waals surface area contributed by atoms with Gasteiger partial charge >= 0.3 is 0 Å². The Kier molecular flexibility index (Phi) is 5.04. The summed E-state index contributed by atoms with van der Waals surface area (Å²) in [6.45, 7) is 0.942. The zero-order chi connectivity index (χ0) is 7.94. The molecule has 2 heteroatoms. The van der Waals surface area contributed by atoms with Crippen molar-refractivity contribution in [3.8, 4) is 0 Å². The summed E-state index contributed by atoms with van der Waals surface area (Å²) in [5.41, 5.74) is 0. The van der Waals surface area contributed by atoms with Gasteiger partial charge in [0.25, 0.3) is 0 Å². The Hall–Kier alpha value is 0.310. The van der Waals surface area contributed by atoms with Gasteiger partial charge in [-0.15, -0.1) is 0 Å². The number of hydrogen-bond donors (Lipinski definition) is 0. The lowest BCUT2D eigenvalue weighted by Gasteiger charge is -2.20. The highest BCUT2D eigenvalue weighted by Crippen LogP contribution is 2.28. The first-order chi connectivity index (χ1) is 5.43. The van der Waals surface area contributed by atoms with Gasteiger partial charge in [-0.3, -0.25) is 0 Å². The third-order valence-electron chi connectivity index (χ3n) is 2.15. The molecule has 1 aliphatic rings. The van der Waals surface area contributed by atoms with Crippen molar-refractivity contribution in [2.75, 3.05) is 19.5 Å². The summed E-state index contributed by atoms with van der Waals surface area (Å²) in [5.74, 6) is 1.39. The molecule has 0 amide bonds. The van der Waals surface area contributed by atoms with Crippen LogP contribution in [-0.4, -0.2) is 24.7 Å². The summed E-state index contributed by atoms with van der Waals surface area (Å²) < 4.78 is 5.02. The van der Waals surface area contributed by atoms with Gasteiger partial charge in [-0.05, 0) is 31.4 Å². The van der Waals surface area contributed by atoms with Crippen molar-refractivity contribution in [2.45, 2.75) is 37.4 Å². The minimum Gasteiger partial charge on any atom is -0.385 e. The van der Waals surface area contributed by atoms with Gasteiger partial charge in [0.2, 0.25) is 0 Å². The molecular formula is C9H18OS. The molecule has 1 saturated heterocycles. The van der Waals surface area contributed by atoms with Crippen LogP contribution in [0.25, 0.3) is 0 Å². The van der Waals surface area contributed by atoms with Gasteiger partial charge in [0.15, 0.2) is 0 Å². The van der Waals surface area contributed by atoms with Crippen LogP contribution >= 0.6 is 11.8 Å². The average Bonchev–Trinajstić information content (AvgIpc) is 2.07. The summed E-state index contributed by atoms with van der Waals surface area (Å²) in [6.07, 6.45) is 6.93. The normalized spacial score (nSPS) is 25.4. The molecule has 11 heavy (non-hydrogen) atoms. The van der Waals surface area contributed by atoms with Gasteiger partial charge in [-0.25, -0.2) is 0 Å². The van der Waals surface area contributed by atoms with Crippen LogP contribution in [0.5, 0.6) is 0 Å². The third-order valence-corrected chi connectivity index (χ3v) is 3.62. The van der Waals surface area contributed by atoms with Crippen LogP contribution in [0.1, 0.15) is 32.1 Å². The first-order valence-corrected chi connectivity index (χ1v) is 5.59. The van der Waals surface area contributed by atoms with E-state index >= 15 is 0 Å². The molecule has 1 atom stereocenters. The maximum Gasteiger partial charge on any atom is 0.0462 e. The van der Waals surface area contributed by atoms with Crippen molar-refractivity contribution in [2.24, 2.45) is 0 Å². The van der Waals surface area contributed by atoms with Crippen molar-refractivity contribution in [3.05, 3.63) is 0 Å². The third kappa shape index (κ3) is 4.02. The molecule has 0 spiro atoms. The predicted octanol–water partition coefficient (Wildman–Crippen LogP) is 2.70. The lowest BCUT2D eigenvalue weighted by molar-refractivity contribution is 0.192.